The number of benzene rings is 22. The van der Waals surface area contributed by atoms with Crippen molar-refractivity contribution in [1.29, 1.82) is 0 Å². The summed E-state index contributed by atoms with van der Waals surface area (Å²) in [5.74, 6) is 0. The predicted octanol–water partition coefficient (Wildman–Crippen LogP) is 35.0. The van der Waals surface area contributed by atoms with Crippen LogP contribution in [-0.2, 0) is 10.8 Å². The number of aromatic nitrogens is 2. The molecular formula is C130H88N4. The Morgan fingerprint density at radius 1 is 0.187 bits per heavy atom. The maximum Gasteiger partial charge on any atom is 0.0714 e. The Morgan fingerprint density at radius 3 is 1.26 bits per heavy atom. The molecule has 0 amide bonds. The number of anilines is 6. The Hall–Kier alpha value is -17.2. The quantitative estimate of drug-likeness (QED) is 0.0959. The van der Waals surface area contributed by atoms with E-state index < -0.39 is 5.41 Å². The molecule has 2 aliphatic rings. The van der Waals surface area contributed by atoms with Gasteiger partial charge in [-0.1, -0.05) is 360 Å². The van der Waals surface area contributed by atoms with Crippen molar-refractivity contribution in [3.05, 3.63) is 531 Å². The third kappa shape index (κ3) is 12.7. The lowest BCUT2D eigenvalue weighted by atomic mass is 9.67. The molecule has 0 bridgehead atoms. The summed E-state index contributed by atoms with van der Waals surface area (Å²) >= 11 is 0. The van der Waals surface area contributed by atoms with Crippen LogP contribution in [0.15, 0.2) is 497 Å². The van der Waals surface area contributed by atoms with E-state index in [4.69, 9.17) is 0 Å². The number of hydrogen-bond donors (Lipinski definition) is 0. The van der Waals surface area contributed by atoms with E-state index >= 15 is 0 Å². The first kappa shape index (κ1) is 77.9. The van der Waals surface area contributed by atoms with Gasteiger partial charge in [0, 0.05) is 71.9 Å². The zero-order valence-corrected chi connectivity index (χ0v) is 74.1. The van der Waals surface area contributed by atoms with Crippen LogP contribution in [0.4, 0.5) is 34.1 Å². The highest BCUT2D eigenvalue weighted by atomic mass is 15.2. The van der Waals surface area contributed by atoms with E-state index in [1.165, 1.54) is 126 Å². The largest absolute Gasteiger partial charge is 0.310 e. The summed E-state index contributed by atoms with van der Waals surface area (Å²) in [6.07, 6.45) is 0. The first-order chi connectivity index (χ1) is 66.2. The first-order valence-electron chi connectivity index (χ1n) is 46.6. The van der Waals surface area contributed by atoms with Gasteiger partial charge in [0.2, 0.25) is 0 Å². The Balaban J connectivity index is 0.681. The summed E-state index contributed by atoms with van der Waals surface area (Å²) in [5.41, 5.74) is 38.3. The van der Waals surface area contributed by atoms with Crippen LogP contribution in [0.1, 0.15) is 47.2 Å². The molecule has 24 aromatic rings. The number of para-hydroxylation sites is 3. The van der Waals surface area contributed by atoms with E-state index in [0.29, 0.717) is 0 Å². The molecule has 0 unspecified atom stereocenters. The summed E-state index contributed by atoms with van der Waals surface area (Å²) in [6, 6.07) is 187. The van der Waals surface area contributed by atoms with E-state index in [0.717, 1.165) is 117 Å². The molecule has 0 spiro atoms. The van der Waals surface area contributed by atoms with Crippen LogP contribution in [0.2, 0.25) is 0 Å². The van der Waals surface area contributed by atoms with Crippen molar-refractivity contribution in [2.45, 2.75) is 24.7 Å². The molecule has 0 N–H and O–H groups in total. The van der Waals surface area contributed by atoms with Crippen LogP contribution < -0.4 is 9.80 Å². The highest BCUT2D eigenvalue weighted by Gasteiger charge is 2.47. The molecule has 22 aromatic carbocycles. The summed E-state index contributed by atoms with van der Waals surface area (Å²) in [6.45, 7) is 4.79. The molecule has 134 heavy (non-hydrogen) atoms. The third-order valence-electron chi connectivity index (χ3n) is 28.9. The van der Waals surface area contributed by atoms with Gasteiger partial charge in [-0.25, -0.2) is 0 Å². The zero-order chi connectivity index (χ0) is 88.7. The number of rotatable bonds is 16. The minimum absolute atomic E-state index is 0.284. The molecule has 0 radical (unpaired) electrons. The van der Waals surface area contributed by atoms with Crippen molar-refractivity contribution in [3.8, 4) is 100 Å². The fourth-order valence-electron chi connectivity index (χ4n) is 22.6. The van der Waals surface area contributed by atoms with Crippen molar-refractivity contribution in [2.75, 3.05) is 9.80 Å². The van der Waals surface area contributed by atoms with Crippen LogP contribution in [0.25, 0.3) is 176 Å². The lowest BCUT2D eigenvalue weighted by molar-refractivity contribution is 0.660. The number of hydrogen-bond acceptors (Lipinski definition) is 2. The van der Waals surface area contributed by atoms with Gasteiger partial charge in [0.25, 0.3) is 0 Å². The molecule has 628 valence electrons. The molecule has 2 aromatic heterocycles. The molecule has 0 atom stereocenters. The molecule has 26 rings (SSSR count). The smallest absolute Gasteiger partial charge is 0.0714 e. The maximum atomic E-state index is 2.55. The van der Waals surface area contributed by atoms with E-state index in [1.807, 2.05) is 0 Å². The highest BCUT2D eigenvalue weighted by Crippen LogP contribution is 2.59. The van der Waals surface area contributed by atoms with Crippen molar-refractivity contribution in [2.24, 2.45) is 0 Å². The second-order valence-electron chi connectivity index (χ2n) is 36.6. The van der Waals surface area contributed by atoms with Crippen LogP contribution in [0.5, 0.6) is 0 Å². The van der Waals surface area contributed by atoms with Gasteiger partial charge in [-0.3, -0.25) is 0 Å². The predicted molar refractivity (Wildman–Crippen MR) is 564 cm³/mol. The minimum atomic E-state index is -0.668. The van der Waals surface area contributed by atoms with E-state index in [9.17, 15) is 0 Å². The summed E-state index contributed by atoms with van der Waals surface area (Å²) < 4.78 is 4.85. The second-order valence-corrected chi connectivity index (χ2v) is 36.6. The lowest BCUT2D eigenvalue weighted by Crippen LogP contribution is -2.28. The van der Waals surface area contributed by atoms with Crippen molar-refractivity contribution < 1.29 is 0 Å². The van der Waals surface area contributed by atoms with Crippen molar-refractivity contribution >= 4 is 110 Å². The Kier molecular flexibility index (Phi) is 18.2. The molecular weight excluding hydrogens is 1620 g/mol. The Labute approximate surface area is 779 Å². The molecule has 0 saturated carbocycles. The van der Waals surface area contributed by atoms with Gasteiger partial charge < -0.3 is 18.9 Å². The van der Waals surface area contributed by atoms with Crippen LogP contribution in [-0.4, -0.2) is 9.13 Å². The summed E-state index contributed by atoms with van der Waals surface area (Å²) in [7, 11) is 0. The van der Waals surface area contributed by atoms with Gasteiger partial charge >= 0.3 is 0 Å². The van der Waals surface area contributed by atoms with Gasteiger partial charge in [0.15, 0.2) is 0 Å². The standard InChI is InChI=1S/C130H88N4/c1-129(2)119-53-22-18-49-111(119)113-68-67-107(83-121(113)129)132(105-46-28-39-93(77-105)89-35-26-36-90(73-89)96-63-71-127-118(81-96)116-52-21-25-56-125(116)134(127)123-57-29-34-87-31-14-16-47-109(87)123)128-82-100(75-97-33-15-17-48-110(97)128)99-76-98(92-38-27-37-91(74-92)95-62-70-126-117(80-95)115-51-20-24-55-124(115)133(126)103-44-10-5-11-45-103)78-108(79-99)131(104-64-60-86(61-65-104)94-59-58-85-30-12-13-32-88(85)72-94)106-66-69-114-112-50-19-23-54-120(112)130(122(114)84-106,101-40-6-3-7-41-101)102-42-8-4-9-43-102/h3-84H,1-2H3. The first-order valence-corrected chi connectivity index (χ1v) is 46.6. The SMILES string of the molecule is CC1(C)c2ccccc2-c2ccc(N(c3cccc(-c4cccc(-c5ccc6c(c5)c5ccccc5n6-c5cccc6ccccc56)c4)c3)c3cc(-c4cc(-c5cccc(-c6ccc7c(c6)c6ccccc6n7-c6ccccc6)c5)cc(N(c5ccc(-c6ccc7ccccc7c6)cc5)c5ccc6c(c5)C(c5ccccc5)(c5ccccc5)c5ccccc5-6)c4)cc4ccccc34)cc21. The highest BCUT2D eigenvalue weighted by molar-refractivity contribution is 6.14. The van der Waals surface area contributed by atoms with Gasteiger partial charge in [-0.05, 0) is 296 Å². The maximum absolute atomic E-state index is 2.55. The average Bonchev–Trinajstić information content (AvgIpc) is 1.54. The van der Waals surface area contributed by atoms with E-state index in [1.54, 1.807) is 0 Å². The molecule has 4 heteroatoms. The Bertz CT molecular complexity index is 8810. The van der Waals surface area contributed by atoms with Crippen LogP contribution >= 0.6 is 0 Å². The van der Waals surface area contributed by atoms with Gasteiger partial charge in [-0.2, -0.15) is 0 Å². The number of fused-ring (bicyclic) bond motifs is 15. The fraction of sp³-hybridized carbons (Fsp3) is 0.0308. The van der Waals surface area contributed by atoms with E-state index in [2.05, 4.69) is 530 Å². The fourth-order valence-corrected chi connectivity index (χ4v) is 22.6. The zero-order valence-electron chi connectivity index (χ0n) is 74.1. The average molecular weight is 1710 g/mol. The molecule has 2 heterocycles. The topological polar surface area (TPSA) is 16.3 Å². The third-order valence-corrected chi connectivity index (χ3v) is 28.9. The van der Waals surface area contributed by atoms with E-state index in [-0.39, 0.29) is 5.41 Å². The van der Waals surface area contributed by atoms with Crippen molar-refractivity contribution in [3.63, 3.8) is 0 Å². The van der Waals surface area contributed by atoms with Gasteiger partial charge in [0.05, 0.1) is 38.9 Å². The van der Waals surface area contributed by atoms with Gasteiger partial charge in [0.1, 0.15) is 0 Å². The molecule has 0 aliphatic heterocycles. The normalized spacial score (nSPS) is 12.8. The lowest BCUT2D eigenvalue weighted by Gasteiger charge is -2.35. The minimum Gasteiger partial charge on any atom is -0.310 e. The Morgan fingerprint density at radius 2 is 0.590 bits per heavy atom. The van der Waals surface area contributed by atoms with Crippen LogP contribution in [0, 0.1) is 0 Å². The summed E-state index contributed by atoms with van der Waals surface area (Å²) in [5, 5.41) is 12.0. The van der Waals surface area contributed by atoms with Gasteiger partial charge in [-0.15, -0.1) is 0 Å². The molecule has 0 saturated heterocycles. The second kappa shape index (κ2) is 31.3. The van der Waals surface area contributed by atoms with Crippen molar-refractivity contribution in [1.82, 2.24) is 9.13 Å². The van der Waals surface area contributed by atoms with Crippen LogP contribution in [0.3, 0.4) is 0 Å². The monoisotopic (exact) mass is 1700 g/mol. The number of nitrogens with zero attached hydrogens (tertiary/aromatic N) is 4. The summed E-state index contributed by atoms with van der Waals surface area (Å²) in [4.78, 5) is 5.09. The molecule has 2 aliphatic carbocycles. The molecule has 0 fully saturated rings. The molecule has 4 nitrogen and oxygen atoms in total.